The first-order chi connectivity index (χ1) is 14.9. The number of halogens is 2. The molecule has 2 heterocycles. The minimum atomic E-state index is -1.04. The second kappa shape index (κ2) is 10.5. The maximum Gasteiger partial charge on any atom is 0.319 e. The number of benzene rings is 1. The van der Waals surface area contributed by atoms with Gasteiger partial charge in [-0.15, -0.1) is 0 Å². The molecule has 3 rings (SSSR count). The molecule has 0 saturated carbocycles. The van der Waals surface area contributed by atoms with Crippen molar-refractivity contribution in [1.29, 1.82) is 0 Å². The van der Waals surface area contributed by atoms with Crippen LogP contribution in [0.1, 0.15) is 27.9 Å². The molecule has 0 radical (unpaired) electrons. The van der Waals surface area contributed by atoms with Gasteiger partial charge in [0.05, 0.1) is 12.7 Å². The molecular formula is C19H23F2N5O4S. The van der Waals surface area contributed by atoms with E-state index in [1.54, 1.807) is 0 Å². The van der Waals surface area contributed by atoms with Crippen LogP contribution in [0.3, 0.4) is 0 Å². The second-order valence-corrected chi connectivity index (χ2v) is 7.65. The normalized spacial score (nSPS) is 16.0. The Hall–Kier alpha value is -2.83. The Morgan fingerprint density at radius 1 is 1.39 bits per heavy atom. The van der Waals surface area contributed by atoms with Crippen molar-refractivity contribution in [2.75, 3.05) is 31.6 Å². The minimum absolute atomic E-state index is 0.0191. The van der Waals surface area contributed by atoms with E-state index in [2.05, 4.69) is 20.3 Å². The first-order valence-electron chi connectivity index (χ1n) is 9.59. The highest BCUT2D eigenvalue weighted by atomic mass is 32.1. The summed E-state index contributed by atoms with van der Waals surface area (Å²) in [5.41, 5.74) is 5.37. The molecule has 3 amide bonds. The highest BCUT2D eigenvalue weighted by Crippen LogP contribution is 2.31. The van der Waals surface area contributed by atoms with Gasteiger partial charge in [0.25, 0.3) is 5.91 Å². The fourth-order valence-electron chi connectivity index (χ4n) is 2.92. The van der Waals surface area contributed by atoms with Crippen molar-refractivity contribution in [2.24, 2.45) is 5.73 Å². The van der Waals surface area contributed by atoms with E-state index in [1.807, 2.05) is 0 Å². The molecule has 1 aromatic heterocycles. The van der Waals surface area contributed by atoms with Gasteiger partial charge in [-0.1, -0.05) is 12.1 Å². The van der Waals surface area contributed by atoms with Crippen molar-refractivity contribution >= 4 is 28.5 Å². The van der Waals surface area contributed by atoms with Gasteiger partial charge < -0.3 is 25.8 Å². The number of aromatic nitrogens is 1. The molecule has 168 valence electrons. The second-order valence-electron chi connectivity index (χ2n) is 6.88. The Morgan fingerprint density at radius 2 is 2.19 bits per heavy atom. The molecule has 9 nitrogen and oxygen atoms in total. The fraction of sp³-hybridized carbons (Fsp3) is 0.421. The highest BCUT2D eigenvalue weighted by molar-refractivity contribution is 7.11. The van der Waals surface area contributed by atoms with Crippen molar-refractivity contribution < 1.29 is 27.8 Å². The van der Waals surface area contributed by atoms with Crippen LogP contribution in [0.5, 0.6) is 5.88 Å². The summed E-state index contributed by atoms with van der Waals surface area (Å²) in [4.78, 5) is 24.0. The number of hydrogen-bond acceptors (Lipinski definition) is 7. The SMILES string of the molecule is Cc1ccc(COc2nsc(NC(=O)NCCC3CNCCO3)c2C(N)=O)c(F)c1F. The van der Waals surface area contributed by atoms with Crippen LogP contribution in [0.15, 0.2) is 12.1 Å². The van der Waals surface area contributed by atoms with Crippen LogP contribution >= 0.6 is 11.5 Å². The van der Waals surface area contributed by atoms with E-state index in [-0.39, 0.29) is 40.3 Å². The Morgan fingerprint density at radius 3 is 2.90 bits per heavy atom. The molecule has 5 N–H and O–H groups in total. The molecule has 2 aromatic rings. The molecule has 1 unspecified atom stereocenters. The standard InChI is InChI=1S/C19H23F2N5O4S/c1-10-2-3-11(15(21)14(10)20)9-30-17-13(16(22)27)18(31-26-17)25-19(28)24-5-4-12-8-23-6-7-29-12/h2-3,12,23H,4-9H2,1H3,(H2,22,27)(H2,24,25,28). The number of nitrogens with zero attached hydrogens (tertiary/aromatic N) is 1. The number of primary amides is 1. The third-order valence-corrected chi connectivity index (χ3v) is 5.36. The van der Waals surface area contributed by atoms with Gasteiger partial charge in [0.15, 0.2) is 11.6 Å². The quantitative estimate of drug-likeness (QED) is 0.482. The van der Waals surface area contributed by atoms with Gasteiger partial charge in [0.1, 0.15) is 17.2 Å². The lowest BCUT2D eigenvalue weighted by Gasteiger charge is -2.23. The van der Waals surface area contributed by atoms with Crippen LogP contribution in [0.25, 0.3) is 0 Å². The number of nitrogens with two attached hydrogens (primary N) is 1. The summed E-state index contributed by atoms with van der Waals surface area (Å²) in [5, 5.41) is 8.47. The Labute approximate surface area is 181 Å². The monoisotopic (exact) mass is 455 g/mol. The molecular weight excluding hydrogens is 432 g/mol. The van der Waals surface area contributed by atoms with Crippen molar-refractivity contribution in [2.45, 2.75) is 26.1 Å². The Balaban J connectivity index is 1.59. The lowest BCUT2D eigenvalue weighted by Crippen LogP contribution is -2.41. The lowest BCUT2D eigenvalue weighted by molar-refractivity contribution is 0.0243. The number of amides is 3. The summed E-state index contributed by atoms with van der Waals surface area (Å²) in [7, 11) is 0. The smallest absolute Gasteiger partial charge is 0.319 e. The molecule has 0 aliphatic carbocycles. The molecule has 1 aliphatic heterocycles. The number of carbonyl (C=O) groups excluding carboxylic acids is 2. The van der Waals surface area contributed by atoms with Crippen LogP contribution in [0.2, 0.25) is 0 Å². The summed E-state index contributed by atoms with van der Waals surface area (Å²) in [6.45, 7) is 3.59. The highest BCUT2D eigenvalue weighted by Gasteiger charge is 2.23. The molecule has 1 atom stereocenters. The zero-order valence-corrected chi connectivity index (χ0v) is 17.6. The Bertz CT molecular complexity index is 950. The van der Waals surface area contributed by atoms with Crippen molar-refractivity contribution in [3.05, 3.63) is 40.5 Å². The van der Waals surface area contributed by atoms with Gasteiger partial charge in [-0.2, -0.15) is 4.37 Å². The van der Waals surface area contributed by atoms with Gasteiger partial charge in [-0.05, 0) is 30.4 Å². The largest absolute Gasteiger partial charge is 0.471 e. The van der Waals surface area contributed by atoms with E-state index in [0.29, 0.717) is 19.6 Å². The van der Waals surface area contributed by atoms with Crippen LogP contribution < -0.4 is 26.4 Å². The molecule has 1 aromatic carbocycles. The number of rotatable bonds is 8. The number of carbonyl (C=O) groups is 2. The summed E-state index contributed by atoms with van der Waals surface area (Å²) in [6, 6.07) is 2.24. The molecule has 0 spiro atoms. The number of aryl methyl sites for hydroxylation is 1. The molecule has 1 aliphatic rings. The Kier molecular flexibility index (Phi) is 7.71. The van der Waals surface area contributed by atoms with Crippen LogP contribution in [0, 0.1) is 18.6 Å². The number of ether oxygens (including phenoxy) is 2. The third-order valence-electron chi connectivity index (χ3n) is 4.61. The average Bonchev–Trinajstić information content (AvgIpc) is 3.15. The molecule has 1 saturated heterocycles. The van der Waals surface area contributed by atoms with E-state index < -0.39 is 23.6 Å². The summed E-state index contributed by atoms with van der Waals surface area (Å²) in [6.07, 6.45) is 0.643. The van der Waals surface area contributed by atoms with Crippen molar-refractivity contribution in [3.8, 4) is 5.88 Å². The van der Waals surface area contributed by atoms with E-state index in [4.69, 9.17) is 15.2 Å². The maximum absolute atomic E-state index is 14.0. The summed E-state index contributed by atoms with van der Waals surface area (Å²) in [5.74, 6) is -3.06. The van der Waals surface area contributed by atoms with Gasteiger partial charge in [0, 0.05) is 25.2 Å². The summed E-state index contributed by atoms with van der Waals surface area (Å²) < 4.78 is 42.6. The number of morpholine rings is 1. The maximum atomic E-state index is 14.0. The van der Waals surface area contributed by atoms with E-state index in [9.17, 15) is 18.4 Å². The predicted octanol–water partition coefficient (Wildman–Crippen LogP) is 1.91. The first-order valence-corrected chi connectivity index (χ1v) is 10.4. The van der Waals surface area contributed by atoms with Gasteiger partial charge >= 0.3 is 6.03 Å². The van der Waals surface area contributed by atoms with Gasteiger partial charge in [-0.3, -0.25) is 10.1 Å². The van der Waals surface area contributed by atoms with Crippen LogP contribution in [-0.4, -0.2) is 48.7 Å². The summed E-state index contributed by atoms with van der Waals surface area (Å²) >= 11 is 0.789. The van der Waals surface area contributed by atoms with Gasteiger partial charge in [0.2, 0.25) is 5.88 Å². The van der Waals surface area contributed by atoms with Crippen LogP contribution in [-0.2, 0) is 11.3 Å². The third kappa shape index (κ3) is 5.87. The average molecular weight is 455 g/mol. The number of anilines is 1. The van der Waals surface area contributed by atoms with E-state index in [1.165, 1.54) is 19.1 Å². The molecule has 1 fully saturated rings. The zero-order chi connectivity index (χ0) is 22.4. The number of urea groups is 1. The topological polar surface area (TPSA) is 128 Å². The molecule has 31 heavy (non-hydrogen) atoms. The molecule has 12 heteroatoms. The van der Waals surface area contributed by atoms with E-state index >= 15 is 0 Å². The predicted molar refractivity (Wildman–Crippen MR) is 110 cm³/mol. The van der Waals surface area contributed by atoms with Gasteiger partial charge in [-0.25, -0.2) is 13.6 Å². The zero-order valence-electron chi connectivity index (χ0n) is 16.8. The number of nitrogens with one attached hydrogen (secondary N) is 3. The minimum Gasteiger partial charge on any atom is -0.471 e. The van der Waals surface area contributed by atoms with Crippen LogP contribution in [0.4, 0.5) is 18.6 Å². The van der Waals surface area contributed by atoms with Crippen molar-refractivity contribution in [1.82, 2.24) is 15.0 Å². The lowest BCUT2D eigenvalue weighted by atomic mass is 10.1. The van der Waals surface area contributed by atoms with E-state index in [0.717, 1.165) is 24.6 Å². The number of hydrogen-bond donors (Lipinski definition) is 4. The van der Waals surface area contributed by atoms with Crippen molar-refractivity contribution in [3.63, 3.8) is 0 Å². The fourth-order valence-corrected chi connectivity index (χ4v) is 3.66. The molecule has 0 bridgehead atoms. The first kappa shape index (κ1) is 22.8.